The second-order valence-corrected chi connectivity index (χ2v) is 8.83. The second-order valence-electron chi connectivity index (χ2n) is 8.83. The Balaban J connectivity index is 3.34. The molecule has 150 valence electrons. The van der Waals surface area contributed by atoms with E-state index in [1.54, 1.807) is 13.8 Å². The number of aliphatic hydroxyl groups excluding tert-OH is 2. The highest BCUT2D eigenvalue weighted by Crippen LogP contribution is 2.42. The molecule has 0 bridgehead atoms. The van der Waals surface area contributed by atoms with Gasteiger partial charge in [0.1, 0.15) is 11.5 Å². The van der Waals surface area contributed by atoms with Crippen molar-refractivity contribution < 1.29 is 24.9 Å². The highest BCUT2D eigenvalue weighted by molar-refractivity contribution is 6.04. The molecule has 0 spiro atoms. The summed E-state index contributed by atoms with van der Waals surface area (Å²) < 4.78 is 0. The van der Waals surface area contributed by atoms with Gasteiger partial charge >= 0.3 is 0 Å². The minimum Gasteiger partial charge on any atom is -0.509 e. The molecule has 0 saturated heterocycles. The topological polar surface area (TPSA) is 94.8 Å². The quantitative estimate of drug-likeness (QED) is 0.578. The van der Waals surface area contributed by atoms with Crippen molar-refractivity contribution >= 4 is 11.6 Å². The lowest BCUT2D eigenvalue weighted by atomic mass is 9.67. The maximum absolute atomic E-state index is 12.8. The smallest absolute Gasteiger partial charge is 0.165 e. The van der Waals surface area contributed by atoms with E-state index in [2.05, 4.69) is 0 Å². The molecule has 0 aromatic carbocycles. The van der Waals surface area contributed by atoms with Gasteiger partial charge in [0.25, 0.3) is 0 Å². The van der Waals surface area contributed by atoms with E-state index in [0.29, 0.717) is 31.1 Å². The van der Waals surface area contributed by atoms with Crippen molar-refractivity contribution in [3.63, 3.8) is 0 Å². The average molecular weight is 369 g/mol. The highest BCUT2D eigenvalue weighted by Gasteiger charge is 2.54. The summed E-state index contributed by atoms with van der Waals surface area (Å²) in [5.74, 6) is -1.79. The molecular formula is C21H36O5. The molecule has 1 rings (SSSR count). The van der Waals surface area contributed by atoms with Gasteiger partial charge in [0.2, 0.25) is 0 Å². The van der Waals surface area contributed by atoms with Crippen molar-refractivity contribution in [1.29, 1.82) is 0 Å². The Kier molecular flexibility index (Phi) is 8.03. The fourth-order valence-corrected chi connectivity index (χ4v) is 3.57. The van der Waals surface area contributed by atoms with Crippen molar-refractivity contribution in [3.05, 3.63) is 11.3 Å². The van der Waals surface area contributed by atoms with Crippen LogP contribution in [-0.2, 0) is 9.59 Å². The zero-order valence-electron chi connectivity index (χ0n) is 17.1. The maximum atomic E-state index is 12.8. The van der Waals surface area contributed by atoms with E-state index in [1.807, 2.05) is 27.7 Å². The lowest BCUT2D eigenvalue weighted by Crippen LogP contribution is -2.56. The lowest BCUT2D eigenvalue weighted by Gasteiger charge is -2.42. The van der Waals surface area contributed by atoms with Gasteiger partial charge in [-0.25, -0.2) is 0 Å². The van der Waals surface area contributed by atoms with Crippen molar-refractivity contribution in [1.82, 2.24) is 0 Å². The molecule has 3 N–H and O–H groups in total. The second kappa shape index (κ2) is 9.14. The first-order chi connectivity index (χ1) is 11.9. The number of allylic oxidation sites excluding steroid dienone is 1. The molecule has 0 heterocycles. The molecule has 0 aliphatic heterocycles. The van der Waals surface area contributed by atoms with Crippen LogP contribution >= 0.6 is 0 Å². The van der Waals surface area contributed by atoms with Crippen molar-refractivity contribution in [2.75, 3.05) is 0 Å². The van der Waals surface area contributed by atoms with Crippen LogP contribution in [0.5, 0.6) is 0 Å². The van der Waals surface area contributed by atoms with Crippen LogP contribution in [0.25, 0.3) is 0 Å². The summed E-state index contributed by atoms with van der Waals surface area (Å²) in [6.45, 7) is 11.4. The van der Waals surface area contributed by atoms with Crippen molar-refractivity contribution in [2.24, 2.45) is 23.7 Å². The highest BCUT2D eigenvalue weighted by atomic mass is 16.4. The first kappa shape index (κ1) is 22.8. The molecule has 0 radical (unpaired) electrons. The third kappa shape index (κ3) is 4.95. The molecule has 26 heavy (non-hydrogen) atoms. The van der Waals surface area contributed by atoms with E-state index in [4.69, 9.17) is 0 Å². The Bertz CT molecular complexity index is 547. The Labute approximate surface area is 157 Å². The third-order valence-corrected chi connectivity index (χ3v) is 5.32. The number of hydrogen-bond acceptors (Lipinski definition) is 5. The zero-order valence-corrected chi connectivity index (χ0v) is 17.1. The monoisotopic (exact) mass is 368 g/mol. The molecule has 3 atom stereocenters. The first-order valence-corrected chi connectivity index (χ1v) is 9.82. The number of rotatable bonds is 9. The fourth-order valence-electron chi connectivity index (χ4n) is 3.57. The largest absolute Gasteiger partial charge is 0.509 e. The van der Waals surface area contributed by atoms with Gasteiger partial charge in [0, 0.05) is 17.9 Å². The normalized spacial score (nSPS) is 25.5. The van der Waals surface area contributed by atoms with Gasteiger partial charge in [0.15, 0.2) is 11.4 Å². The molecule has 1 aliphatic carbocycles. The van der Waals surface area contributed by atoms with Crippen LogP contribution in [0.4, 0.5) is 0 Å². The number of ketones is 2. The SMILES string of the molecule is CC(C)CCC(O)[C@@]1(O)C(O)=C(C(=O)C(C)C)CC(=O)C1CCC(C)C. The van der Waals surface area contributed by atoms with Crippen LogP contribution < -0.4 is 0 Å². The van der Waals surface area contributed by atoms with E-state index in [9.17, 15) is 24.9 Å². The summed E-state index contributed by atoms with van der Waals surface area (Å²) in [6.07, 6.45) is 0.503. The van der Waals surface area contributed by atoms with Gasteiger partial charge in [-0.05, 0) is 31.1 Å². The summed E-state index contributed by atoms with van der Waals surface area (Å²) in [5.41, 5.74) is -2.13. The van der Waals surface area contributed by atoms with E-state index >= 15 is 0 Å². The molecule has 1 aliphatic rings. The standard InChI is InChI=1S/C21H36O5/c1-12(2)7-9-16-17(22)11-15(19(24)14(5)6)20(25)21(16,26)18(23)10-8-13(3)4/h12-14,16,18,23,25-26H,7-11H2,1-6H3/t16?,18?,21-/m1/s1. The summed E-state index contributed by atoms with van der Waals surface area (Å²) in [4.78, 5) is 25.2. The maximum Gasteiger partial charge on any atom is 0.165 e. The van der Waals surface area contributed by atoms with Gasteiger partial charge in [0.05, 0.1) is 12.0 Å². The van der Waals surface area contributed by atoms with Crippen LogP contribution in [0.1, 0.15) is 73.6 Å². The molecule has 0 fully saturated rings. The number of aliphatic hydroxyl groups is 3. The van der Waals surface area contributed by atoms with E-state index in [-0.39, 0.29) is 30.0 Å². The number of Topliss-reactive ketones (excluding diaryl/α,β-unsaturated/α-hetero) is 2. The summed E-state index contributed by atoms with van der Waals surface area (Å²) >= 11 is 0. The van der Waals surface area contributed by atoms with Crippen LogP contribution in [-0.4, -0.2) is 38.6 Å². The van der Waals surface area contributed by atoms with Gasteiger partial charge in [-0.3, -0.25) is 9.59 Å². The molecule has 2 unspecified atom stereocenters. The Morgan fingerprint density at radius 1 is 1.08 bits per heavy atom. The predicted octanol–water partition coefficient (Wildman–Crippen LogP) is 3.58. The van der Waals surface area contributed by atoms with Gasteiger partial charge in [-0.15, -0.1) is 0 Å². The van der Waals surface area contributed by atoms with Crippen molar-refractivity contribution in [3.8, 4) is 0 Å². The fraction of sp³-hybridized carbons (Fsp3) is 0.810. The minimum absolute atomic E-state index is 0.0445. The number of hydrogen-bond donors (Lipinski definition) is 3. The van der Waals surface area contributed by atoms with Crippen LogP contribution in [0.2, 0.25) is 0 Å². The first-order valence-electron chi connectivity index (χ1n) is 9.82. The minimum atomic E-state index is -2.08. The third-order valence-electron chi connectivity index (χ3n) is 5.32. The molecule has 0 aromatic rings. The molecular weight excluding hydrogens is 332 g/mol. The Hall–Kier alpha value is -1.20. The lowest BCUT2D eigenvalue weighted by molar-refractivity contribution is -0.152. The average Bonchev–Trinajstić information content (AvgIpc) is 2.54. The predicted molar refractivity (Wildman–Crippen MR) is 102 cm³/mol. The summed E-state index contributed by atoms with van der Waals surface area (Å²) in [5, 5.41) is 32.9. The van der Waals surface area contributed by atoms with Crippen molar-refractivity contribution in [2.45, 2.75) is 85.4 Å². The van der Waals surface area contributed by atoms with E-state index in [1.165, 1.54) is 0 Å². The van der Waals surface area contributed by atoms with Crippen LogP contribution in [0.15, 0.2) is 11.3 Å². The zero-order chi connectivity index (χ0) is 20.2. The molecule has 0 saturated carbocycles. The molecule has 5 nitrogen and oxygen atoms in total. The molecule has 5 heteroatoms. The molecule has 0 aromatic heterocycles. The van der Waals surface area contributed by atoms with E-state index < -0.39 is 29.3 Å². The number of carbonyl (C=O) groups is 2. The van der Waals surface area contributed by atoms with E-state index in [0.717, 1.165) is 0 Å². The van der Waals surface area contributed by atoms with Gasteiger partial charge in [-0.1, -0.05) is 48.0 Å². The Morgan fingerprint density at radius 2 is 1.62 bits per heavy atom. The van der Waals surface area contributed by atoms with Crippen LogP contribution in [0.3, 0.4) is 0 Å². The van der Waals surface area contributed by atoms with Gasteiger partial charge < -0.3 is 15.3 Å². The Morgan fingerprint density at radius 3 is 2.08 bits per heavy atom. The summed E-state index contributed by atoms with van der Waals surface area (Å²) in [6, 6.07) is 0. The molecule has 0 amide bonds. The van der Waals surface area contributed by atoms with Crippen LogP contribution in [0, 0.1) is 23.7 Å². The summed E-state index contributed by atoms with van der Waals surface area (Å²) in [7, 11) is 0. The van der Waals surface area contributed by atoms with Gasteiger partial charge in [-0.2, -0.15) is 0 Å². The number of carbonyl (C=O) groups excluding carboxylic acids is 2.